The van der Waals surface area contributed by atoms with Crippen LogP contribution >= 0.6 is 0 Å². The zero-order valence-corrected chi connectivity index (χ0v) is 9.43. The van der Waals surface area contributed by atoms with Crippen LogP contribution in [-0.4, -0.2) is 22.3 Å². The molecular formula is C12H16O4. The minimum atomic E-state index is -0.961. The number of carboxylic acid groups (broad SMARTS) is 1. The third-order valence-electron chi connectivity index (χ3n) is 2.12. The van der Waals surface area contributed by atoms with E-state index in [-0.39, 0.29) is 24.9 Å². The van der Waals surface area contributed by atoms with Crippen LogP contribution in [0.3, 0.4) is 0 Å². The first-order valence-corrected chi connectivity index (χ1v) is 5.14. The van der Waals surface area contributed by atoms with E-state index in [1.165, 1.54) is 0 Å². The van der Waals surface area contributed by atoms with E-state index in [2.05, 4.69) is 0 Å². The van der Waals surface area contributed by atoms with Gasteiger partial charge in [0.05, 0.1) is 19.1 Å². The third kappa shape index (κ3) is 3.55. The largest absolute Gasteiger partial charge is 0.507 e. The maximum Gasteiger partial charge on any atom is 0.307 e. The lowest BCUT2D eigenvalue weighted by atomic mass is 10.1. The van der Waals surface area contributed by atoms with Gasteiger partial charge >= 0.3 is 5.97 Å². The summed E-state index contributed by atoms with van der Waals surface area (Å²) in [6.07, 6.45) is -0.107. The Bertz CT molecular complexity index is 371. The predicted molar refractivity (Wildman–Crippen MR) is 59.4 cm³/mol. The van der Waals surface area contributed by atoms with Crippen molar-refractivity contribution in [1.29, 1.82) is 0 Å². The van der Waals surface area contributed by atoms with Crippen LogP contribution in [0.1, 0.15) is 25.0 Å². The average Bonchev–Trinajstić information content (AvgIpc) is 2.18. The molecule has 0 aliphatic heterocycles. The molecule has 1 aromatic rings. The quantitative estimate of drug-likeness (QED) is 0.802. The summed E-state index contributed by atoms with van der Waals surface area (Å²) < 4.78 is 5.36. The molecule has 4 nitrogen and oxygen atoms in total. The molecule has 0 amide bonds. The van der Waals surface area contributed by atoms with Crippen LogP contribution in [-0.2, 0) is 22.6 Å². The fourth-order valence-electron chi connectivity index (χ4n) is 1.32. The van der Waals surface area contributed by atoms with Crippen LogP contribution in [0.15, 0.2) is 18.2 Å². The Morgan fingerprint density at radius 2 is 2.00 bits per heavy atom. The lowest BCUT2D eigenvalue weighted by Crippen LogP contribution is -2.05. The van der Waals surface area contributed by atoms with Crippen LogP contribution in [0.2, 0.25) is 0 Å². The first kappa shape index (κ1) is 12.5. The Balaban J connectivity index is 2.81. The van der Waals surface area contributed by atoms with Gasteiger partial charge in [0.25, 0.3) is 0 Å². The molecule has 0 unspecified atom stereocenters. The highest BCUT2D eigenvalue weighted by Crippen LogP contribution is 2.23. The van der Waals surface area contributed by atoms with Gasteiger partial charge in [0.15, 0.2) is 0 Å². The van der Waals surface area contributed by atoms with Gasteiger partial charge in [-0.25, -0.2) is 0 Å². The molecular weight excluding hydrogens is 208 g/mol. The van der Waals surface area contributed by atoms with Gasteiger partial charge < -0.3 is 14.9 Å². The SMILES string of the molecule is CC(C)OCc1cccc(CC(=O)O)c1O. The van der Waals surface area contributed by atoms with E-state index in [9.17, 15) is 9.90 Å². The van der Waals surface area contributed by atoms with Crippen molar-refractivity contribution in [3.05, 3.63) is 29.3 Å². The van der Waals surface area contributed by atoms with Gasteiger partial charge in [0.2, 0.25) is 0 Å². The molecule has 1 rings (SSSR count). The van der Waals surface area contributed by atoms with Gasteiger partial charge in [-0.05, 0) is 13.8 Å². The second-order valence-corrected chi connectivity index (χ2v) is 3.86. The number of hydrogen-bond acceptors (Lipinski definition) is 3. The molecule has 0 radical (unpaired) electrons. The number of hydrogen-bond donors (Lipinski definition) is 2. The highest BCUT2D eigenvalue weighted by atomic mass is 16.5. The van der Waals surface area contributed by atoms with Crippen molar-refractivity contribution in [3.8, 4) is 5.75 Å². The first-order valence-electron chi connectivity index (χ1n) is 5.14. The fraction of sp³-hybridized carbons (Fsp3) is 0.417. The number of carbonyl (C=O) groups is 1. The van der Waals surface area contributed by atoms with Crippen LogP contribution in [0, 0.1) is 0 Å². The first-order chi connectivity index (χ1) is 7.50. The van der Waals surface area contributed by atoms with Crippen molar-refractivity contribution in [1.82, 2.24) is 0 Å². The van der Waals surface area contributed by atoms with E-state index in [1.54, 1.807) is 18.2 Å². The second kappa shape index (κ2) is 5.51. The number of aliphatic carboxylic acids is 1. The molecule has 0 aliphatic carbocycles. The summed E-state index contributed by atoms with van der Waals surface area (Å²) in [6.45, 7) is 4.09. The molecule has 88 valence electrons. The zero-order chi connectivity index (χ0) is 12.1. The fourth-order valence-corrected chi connectivity index (χ4v) is 1.32. The standard InChI is InChI=1S/C12H16O4/c1-8(2)16-7-10-5-3-4-9(12(10)15)6-11(13)14/h3-5,8,15H,6-7H2,1-2H3,(H,13,14). The smallest absolute Gasteiger partial charge is 0.307 e. The lowest BCUT2D eigenvalue weighted by Gasteiger charge is -2.11. The molecule has 1 aromatic carbocycles. The Morgan fingerprint density at radius 3 is 2.56 bits per heavy atom. The molecule has 0 atom stereocenters. The number of para-hydroxylation sites is 1. The molecule has 0 heterocycles. The van der Waals surface area contributed by atoms with Crippen molar-refractivity contribution in [2.75, 3.05) is 0 Å². The summed E-state index contributed by atoms with van der Waals surface area (Å²) >= 11 is 0. The number of phenols is 1. The Labute approximate surface area is 94.5 Å². The Kier molecular flexibility index (Phi) is 4.31. The normalized spacial score (nSPS) is 10.7. The summed E-state index contributed by atoms with van der Waals surface area (Å²) in [5.41, 5.74) is 1.03. The summed E-state index contributed by atoms with van der Waals surface area (Å²) in [7, 11) is 0. The maximum absolute atomic E-state index is 10.6. The van der Waals surface area contributed by atoms with E-state index in [0.717, 1.165) is 0 Å². The minimum Gasteiger partial charge on any atom is -0.507 e. The number of carboxylic acids is 1. The van der Waals surface area contributed by atoms with Crippen molar-refractivity contribution in [2.24, 2.45) is 0 Å². The van der Waals surface area contributed by atoms with E-state index in [0.29, 0.717) is 11.1 Å². The molecule has 4 heteroatoms. The van der Waals surface area contributed by atoms with Crippen molar-refractivity contribution < 1.29 is 19.7 Å². The molecule has 16 heavy (non-hydrogen) atoms. The highest BCUT2D eigenvalue weighted by Gasteiger charge is 2.10. The van der Waals surface area contributed by atoms with Gasteiger partial charge in [0.1, 0.15) is 5.75 Å². The highest BCUT2D eigenvalue weighted by molar-refractivity contribution is 5.71. The molecule has 0 aromatic heterocycles. The third-order valence-corrected chi connectivity index (χ3v) is 2.12. The molecule has 0 saturated heterocycles. The molecule has 0 fully saturated rings. The number of rotatable bonds is 5. The molecule has 2 N–H and O–H groups in total. The van der Waals surface area contributed by atoms with Crippen molar-refractivity contribution in [3.63, 3.8) is 0 Å². The predicted octanol–water partition coefficient (Wildman–Crippen LogP) is 1.94. The van der Waals surface area contributed by atoms with Crippen LogP contribution in [0.4, 0.5) is 0 Å². The monoisotopic (exact) mass is 224 g/mol. The van der Waals surface area contributed by atoms with E-state index in [1.807, 2.05) is 13.8 Å². The maximum atomic E-state index is 10.6. The zero-order valence-electron chi connectivity index (χ0n) is 9.43. The van der Waals surface area contributed by atoms with Gasteiger partial charge in [-0.1, -0.05) is 18.2 Å². The Hall–Kier alpha value is -1.55. The Morgan fingerprint density at radius 1 is 1.38 bits per heavy atom. The number of ether oxygens (including phenoxy) is 1. The van der Waals surface area contributed by atoms with Gasteiger partial charge in [-0.2, -0.15) is 0 Å². The van der Waals surface area contributed by atoms with Crippen LogP contribution in [0.25, 0.3) is 0 Å². The molecule has 0 aliphatic rings. The van der Waals surface area contributed by atoms with Crippen LogP contribution < -0.4 is 0 Å². The number of aromatic hydroxyl groups is 1. The summed E-state index contributed by atoms with van der Waals surface area (Å²) in [6, 6.07) is 5.04. The van der Waals surface area contributed by atoms with Gasteiger partial charge in [0, 0.05) is 11.1 Å². The van der Waals surface area contributed by atoms with Crippen molar-refractivity contribution >= 4 is 5.97 Å². The molecule has 0 saturated carbocycles. The van der Waals surface area contributed by atoms with Gasteiger partial charge in [-0.15, -0.1) is 0 Å². The number of phenolic OH excluding ortho intramolecular Hbond substituents is 1. The topological polar surface area (TPSA) is 66.8 Å². The minimum absolute atomic E-state index is 0.0190. The summed E-state index contributed by atoms with van der Waals surface area (Å²) in [5, 5.41) is 18.5. The van der Waals surface area contributed by atoms with Crippen LogP contribution in [0.5, 0.6) is 5.75 Å². The van der Waals surface area contributed by atoms with E-state index >= 15 is 0 Å². The lowest BCUT2D eigenvalue weighted by molar-refractivity contribution is -0.136. The van der Waals surface area contributed by atoms with Gasteiger partial charge in [-0.3, -0.25) is 4.79 Å². The second-order valence-electron chi connectivity index (χ2n) is 3.86. The van der Waals surface area contributed by atoms with E-state index < -0.39 is 5.97 Å². The van der Waals surface area contributed by atoms with E-state index in [4.69, 9.17) is 9.84 Å². The van der Waals surface area contributed by atoms with Crippen molar-refractivity contribution in [2.45, 2.75) is 33.0 Å². The average molecular weight is 224 g/mol. The molecule has 0 spiro atoms. The summed E-state index contributed by atoms with van der Waals surface area (Å²) in [5.74, 6) is -0.942. The number of benzene rings is 1. The molecule has 0 bridgehead atoms. The summed E-state index contributed by atoms with van der Waals surface area (Å²) in [4.78, 5) is 10.6.